The fourth-order valence-corrected chi connectivity index (χ4v) is 4.23. The number of carbonyl (C=O) groups excluding carboxylic acids is 2. The number of carbonyl (C=O) groups is 2. The molecule has 1 aromatic heterocycles. The summed E-state index contributed by atoms with van der Waals surface area (Å²) in [4.78, 5) is 25.3. The van der Waals surface area contributed by atoms with Crippen LogP contribution in [0.15, 0.2) is 105 Å². The van der Waals surface area contributed by atoms with Crippen LogP contribution >= 0.6 is 0 Å². The van der Waals surface area contributed by atoms with Gasteiger partial charge >= 0.3 is 0 Å². The van der Waals surface area contributed by atoms with E-state index in [1.54, 1.807) is 36.4 Å². The molecule has 1 aliphatic carbocycles. The number of azo groups is 1. The molecule has 9 nitrogen and oxygen atoms in total. The highest BCUT2D eigenvalue weighted by atomic mass is 16.5. The van der Waals surface area contributed by atoms with Crippen LogP contribution in [-0.2, 0) is 11.2 Å². The van der Waals surface area contributed by atoms with Gasteiger partial charge in [-0.25, -0.2) is 5.43 Å². The molecule has 0 saturated heterocycles. The van der Waals surface area contributed by atoms with Crippen molar-refractivity contribution in [1.29, 1.82) is 0 Å². The average molecular weight is 522 g/mol. The molecule has 1 heterocycles. The number of hydrazone groups is 1. The molecule has 0 saturated carbocycles. The van der Waals surface area contributed by atoms with Crippen molar-refractivity contribution in [1.82, 2.24) is 5.43 Å². The maximum atomic E-state index is 13.1. The molecule has 9 heteroatoms. The van der Waals surface area contributed by atoms with Crippen LogP contribution in [0.3, 0.4) is 0 Å². The number of rotatable bonds is 8. The Morgan fingerprint density at radius 2 is 1.54 bits per heavy atom. The van der Waals surface area contributed by atoms with Crippen LogP contribution in [-0.4, -0.2) is 24.1 Å². The zero-order valence-electron chi connectivity index (χ0n) is 21.4. The van der Waals surface area contributed by atoms with E-state index in [1.807, 2.05) is 55.5 Å². The summed E-state index contributed by atoms with van der Waals surface area (Å²) in [6.45, 7) is 1.67. The predicted molar refractivity (Wildman–Crippen MR) is 148 cm³/mol. The first kappa shape index (κ1) is 25.6. The van der Waals surface area contributed by atoms with Crippen LogP contribution in [0.25, 0.3) is 0 Å². The van der Waals surface area contributed by atoms with Gasteiger partial charge in [0, 0.05) is 23.2 Å². The number of hydrogen-bond donors (Lipinski definition) is 2. The summed E-state index contributed by atoms with van der Waals surface area (Å²) in [7, 11) is 0. The summed E-state index contributed by atoms with van der Waals surface area (Å²) in [5.41, 5.74) is 6.72. The predicted octanol–water partition coefficient (Wildman–Crippen LogP) is 6.49. The fourth-order valence-electron chi connectivity index (χ4n) is 4.23. The minimum atomic E-state index is -0.371. The van der Waals surface area contributed by atoms with Crippen molar-refractivity contribution >= 4 is 34.6 Å². The van der Waals surface area contributed by atoms with Gasteiger partial charge in [0.2, 0.25) is 0 Å². The van der Waals surface area contributed by atoms with E-state index < -0.39 is 0 Å². The van der Waals surface area contributed by atoms with E-state index in [0.717, 1.165) is 17.7 Å². The average Bonchev–Trinajstić information content (AvgIpc) is 3.32. The number of ether oxygens (including phenoxy) is 1. The Hall–Kier alpha value is -5.05. The molecular weight excluding hydrogens is 494 g/mol. The van der Waals surface area contributed by atoms with Crippen LogP contribution < -0.4 is 15.5 Å². The SMILES string of the molecule is Cc1c(C(=O)Nc2ccc(N=Nc3ccccc3)cc2)oc2c1/C(=N/NC(=O)COc1ccccc1)CCC2. The number of para-hydroxylation sites is 1. The molecule has 2 amide bonds. The molecule has 0 bridgehead atoms. The third kappa shape index (κ3) is 6.45. The van der Waals surface area contributed by atoms with Crippen molar-refractivity contribution in [3.05, 3.63) is 108 Å². The molecule has 0 aliphatic heterocycles. The molecule has 2 N–H and O–H groups in total. The minimum Gasteiger partial charge on any atom is -0.484 e. The number of amides is 2. The lowest BCUT2D eigenvalue weighted by Crippen LogP contribution is -2.27. The molecule has 1 aliphatic rings. The van der Waals surface area contributed by atoms with E-state index in [1.165, 1.54) is 0 Å². The number of benzene rings is 3. The number of nitrogens with one attached hydrogen (secondary N) is 2. The smallest absolute Gasteiger partial charge is 0.291 e. The summed E-state index contributed by atoms with van der Waals surface area (Å²) in [6.07, 6.45) is 2.15. The maximum absolute atomic E-state index is 13.1. The second-order valence-electron chi connectivity index (χ2n) is 8.94. The molecule has 0 unspecified atom stereocenters. The van der Waals surface area contributed by atoms with Crippen LogP contribution in [0.5, 0.6) is 5.75 Å². The summed E-state index contributed by atoms with van der Waals surface area (Å²) < 4.78 is 11.4. The molecule has 39 heavy (non-hydrogen) atoms. The second-order valence-corrected chi connectivity index (χ2v) is 8.94. The Morgan fingerprint density at radius 3 is 2.26 bits per heavy atom. The Balaban J connectivity index is 1.23. The first-order valence-corrected chi connectivity index (χ1v) is 12.6. The number of fused-ring (bicyclic) bond motifs is 1. The lowest BCUT2D eigenvalue weighted by molar-refractivity contribution is -0.123. The summed E-state index contributed by atoms with van der Waals surface area (Å²) in [6, 6.07) is 25.6. The Morgan fingerprint density at radius 1 is 0.872 bits per heavy atom. The molecule has 0 radical (unpaired) electrons. The number of aryl methyl sites for hydroxylation is 1. The minimum absolute atomic E-state index is 0.155. The van der Waals surface area contributed by atoms with Gasteiger partial charge in [0.1, 0.15) is 11.5 Å². The zero-order valence-corrected chi connectivity index (χ0v) is 21.4. The molecule has 4 aromatic rings. The molecule has 196 valence electrons. The number of anilines is 1. The normalized spacial score (nSPS) is 13.7. The third-order valence-corrected chi connectivity index (χ3v) is 6.12. The van der Waals surface area contributed by atoms with Crippen molar-refractivity contribution < 1.29 is 18.7 Å². The van der Waals surface area contributed by atoms with Crippen molar-refractivity contribution in [2.75, 3.05) is 11.9 Å². The van der Waals surface area contributed by atoms with Gasteiger partial charge in [-0.2, -0.15) is 15.3 Å². The van der Waals surface area contributed by atoms with E-state index in [0.29, 0.717) is 47.0 Å². The molecule has 5 rings (SSSR count). The van der Waals surface area contributed by atoms with Crippen molar-refractivity contribution in [2.24, 2.45) is 15.3 Å². The van der Waals surface area contributed by atoms with Crippen molar-refractivity contribution in [2.45, 2.75) is 26.2 Å². The topological polar surface area (TPSA) is 118 Å². The molecule has 0 spiro atoms. The highest BCUT2D eigenvalue weighted by Crippen LogP contribution is 2.30. The first-order chi connectivity index (χ1) is 19.1. The quantitative estimate of drug-likeness (QED) is 0.203. The van der Waals surface area contributed by atoms with Gasteiger partial charge in [-0.1, -0.05) is 36.4 Å². The van der Waals surface area contributed by atoms with Crippen LogP contribution in [0.1, 0.15) is 40.3 Å². The molecule has 0 atom stereocenters. The van der Waals surface area contributed by atoms with Crippen molar-refractivity contribution in [3.8, 4) is 5.75 Å². The highest BCUT2D eigenvalue weighted by Gasteiger charge is 2.28. The maximum Gasteiger partial charge on any atom is 0.291 e. The highest BCUT2D eigenvalue weighted by molar-refractivity contribution is 6.09. The van der Waals surface area contributed by atoms with E-state index in [4.69, 9.17) is 9.15 Å². The standard InChI is InChI=1S/C30H27N5O4/c1-20-28-25(34-35-27(36)19-38-24-11-6-3-7-12-24)13-8-14-26(28)39-29(20)30(37)31-21-15-17-23(18-16-21)33-32-22-9-4-2-5-10-22/h2-7,9-12,15-18H,8,13-14,19H2,1H3,(H,31,37)(H,35,36)/b33-32?,34-25+. The number of hydrogen-bond acceptors (Lipinski definition) is 7. The van der Waals surface area contributed by atoms with Gasteiger partial charge in [0.15, 0.2) is 12.4 Å². The van der Waals surface area contributed by atoms with E-state index in [9.17, 15) is 9.59 Å². The van der Waals surface area contributed by atoms with Gasteiger partial charge in [0.25, 0.3) is 11.8 Å². The Kier molecular flexibility index (Phi) is 7.87. The van der Waals surface area contributed by atoms with E-state index in [2.05, 4.69) is 26.1 Å². The van der Waals surface area contributed by atoms with Crippen LogP contribution in [0.2, 0.25) is 0 Å². The summed E-state index contributed by atoms with van der Waals surface area (Å²) in [5.74, 6) is 0.785. The van der Waals surface area contributed by atoms with E-state index in [-0.39, 0.29) is 24.2 Å². The summed E-state index contributed by atoms with van der Waals surface area (Å²) in [5, 5.41) is 15.6. The first-order valence-electron chi connectivity index (χ1n) is 12.6. The summed E-state index contributed by atoms with van der Waals surface area (Å²) >= 11 is 0. The van der Waals surface area contributed by atoms with Crippen LogP contribution in [0, 0.1) is 6.92 Å². The van der Waals surface area contributed by atoms with Gasteiger partial charge in [-0.15, -0.1) is 0 Å². The number of furan rings is 1. The second kappa shape index (κ2) is 12.0. The van der Waals surface area contributed by atoms with Crippen LogP contribution in [0.4, 0.5) is 17.1 Å². The van der Waals surface area contributed by atoms with Crippen molar-refractivity contribution in [3.63, 3.8) is 0 Å². The molecular formula is C30H27N5O4. The number of nitrogens with zero attached hydrogens (tertiary/aromatic N) is 3. The van der Waals surface area contributed by atoms with E-state index >= 15 is 0 Å². The third-order valence-electron chi connectivity index (χ3n) is 6.12. The Bertz CT molecular complexity index is 1510. The van der Waals surface area contributed by atoms with Gasteiger partial charge < -0.3 is 14.5 Å². The Labute approximate surface area is 225 Å². The monoisotopic (exact) mass is 521 g/mol. The fraction of sp³-hybridized carbons (Fsp3) is 0.167. The lowest BCUT2D eigenvalue weighted by atomic mass is 9.93. The lowest BCUT2D eigenvalue weighted by Gasteiger charge is -2.13. The van der Waals surface area contributed by atoms with Gasteiger partial charge in [0.05, 0.1) is 17.1 Å². The van der Waals surface area contributed by atoms with Gasteiger partial charge in [-0.05, 0) is 68.3 Å². The largest absolute Gasteiger partial charge is 0.484 e. The van der Waals surface area contributed by atoms with Gasteiger partial charge in [-0.3, -0.25) is 9.59 Å². The molecule has 0 fully saturated rings. The zero-order chi connectivity index (χ0) is 27.0. The molecule has 3 aromatic carbocycles.